The molecule has 0 aromatic heterocycles. The molecular weight excluding hydrogens is 374 g/mol. The average molecular weight is 399 g/mol. The first-order chi connectivity index (χ1) is 14.4. The van der Waals surface area contributed by atoms with Crippen LogP contribution in [-0.4, -0.2) is 12.9 Å². The van der Waals surface area contributed by atoms with E-state index in [-0.39, 0.29) is 11.2 Å². The van der Waals surface area contributed by atoms with Gasteiger partial charge in [0.15, 0.2) is 5.78 Å². The van der Waals surface area contributed by atoms with Crippen molar-refractivity contribution in [2.24, 2.45) is 11.1 Å². The van der Waals surface area contributed by atoms with Gasteiger partial charge in [-0.2, -0.15) is 5.26 Å². The molecule has 4 rings (SSSR count). The van der Waals surface area contributed by atoms with Crippen LogP contribution in [0.1, 0.15) is 38.3 Å². The highest BCUT2D eigenvalue weighted by Gasteiger charge is 2.43. The Bertz CT molecular complexity index is 1090. The highest BCUT2D eigenvalue weighted by molar-refractivity contribution is 6.03. The van der Waals surface area contributed by atoms with Crippen LogP contribution >= 0.6 is 0 Å². The van der Waals surface area contributed by atoms with E-state index in [2.05, 4.69) is 24.8 Å². The molecule has 1 atom stereocenters. The molecular formula is C25H25N3O2. The summed E-state index contributed by atoms with van der Waals surface area (Å²) in [7, 11) is 1.62. The van der Waals surface area contributed by atoms with Gasteiger partial charge in [-0.25, -0.2) is 0 Å². The summed E-state index contributed by atoms with van der Waals surface area (Å²) in [5, 5.41) is 10.1. The third-order valence-corrected chi connectivity index (χ3v) is 5.82. The number of carbonyl (C=O) groups excluding carboxylic acids is 1. The van der Waals surface area contributed by atoms with Crippen LogP contribution < -0.4 is 15.4 Å². The first kappa shape index (κ1) is 19.8. The molecule has 1 aliphatic carbocycles. The molecule has 2 aromatic carbocycles. The van der Waals surface area contributed by atoms with E-state index in [9.17, 15) is 10.1 Å². The van der Waals surface area contributed by atoms with Crippen LogP contribution in [0.2, 0.25) is 0 Å². The highest BCUT2D eigenvalue weighted by atomic mass is 16.5. The third kappa shape index (κ3) is 3.25. The Balaban J connectivity index is 1.98. The summed E-state index contributed by atoms with van der Waals surface area (Å²) < 4.78 is 5.30. The van der Waals surface area contributed by atoms with Gasteiger partial charge in [0.2, 0.25) is 0 Å². The second kappa shape index (κ2) is 7.38. The number of hydrogen-bond acceptors (Lipinski definition) is 5. The fraction of sp³-hybridized carbons (Fsp3) is 0.280. The molecule has 0 saturated heterocycles. The van der Waals surface area contributed by atoms with Crippen molar-refractivity contribution in [3.63, 3.8) is 0 Å². The van der Waals surface area contributed by atoms with Gasteiger partial charge in [-0.1, -0.05) is 44.2 Å². The number of nitrogens with zero attached hydrogens (tertiary/aromatic N) is 2. The lowest BCUT2D eigenvalue weighted by molar-refractivity contribution is -0.117. The van der Waals surface area contributed by atoms with Gasteiger partial charge in [-0.15, -0.1) is 0 Å². The van der Waals surface area contributed by atoms with Gasteiger partial charge in [-0.3, -0.25) is 4.79 Å². The summed E-state index contributed by atoms with van der Waals surface area (Å²) in [4.78, 5) is 15.2. The summed E-state index contributed by atoms with van der Waals surface area (Å²) in [6, 6.07) is 19.4. The number of Topliss-reactive ketones (excluding diaryl/α,β-unsaturated/α-hetero) is 1. The summed E-state index contributed by atoms with van der Waals surface area (Å²) in [6.07, 6.45) is 1.12. The molecule has 1 heterocycles. The van der Waals surface area contributed by atoms with E-state index in [0.717, 1.165) is 22.7 Å². The van der Waals surface area contributed by atoms with E-state index in [1.54, 1.807) is 7.11 Å². The molecule has 2 aliphatic rings. The molecule has 0 radical (unpaired) electrons. The number of anilines is 1. The van der Waals surface area contributed by atoms with E-state index in [4.69, 9.17) is 10.5 Å². The van der Waals surface area contributed by atoms with Gasteiger partial charge < -0.3 is 15.4 Å². The maximum atomic E-state index is 13.1. The maximum Gasteiger partial charge on any atom is 0.167 e. The van der Waals surface area contributed by atoms with Gasteiger partial charge in [0, 0.05) is 17.8 Å². The zero-order valence-electron chi connectivity index (χ0n) is 17.5. The van der Waals surface area contributed by atoms with Gasteiger partial charge in [0.25, 0.3) is 0 Å². The summed E-state index contributed by atoms with van der Waals surface area (Å²) >= 11 is 0. The SMILES string of the molecule is COc1ccc(C2C(C#N)=C(N)C3=C(CC(C)(C)CC3=O)N2c2ccccc2)cc1. The van der Waals surface area contributed by atoms with Crippen LogP contribution in [0.25, 0.3) is 0 Å². The fourth-order valence-electron chi connectivity index (χ4n) is 4.48. The zero-order chi connectivity index (χ0) is 21.5. The molecule has 0 bridgehead atoms. The molecule has 2 aromatic rings. The van der Waals surface area contributed by atoms with Crippen LogP contribution in [0, 0.1) is 16.7 Å². The second-order valence-corrected chi connectivity index (χ2v) is 8.58. The highest BCUT2D eigenvalue weighted by Crippen LogP contribution is 2.49. The van der Waals surface area contributed by atoms with Crippen LogP contribution in [0.3, 0.4) is 0 Å². The lowest BCUT2D eigenvalue weighted by atomic mass is 9.72. The van der Waals surface area contributed by atoms with Crippen LogP contribution in [0.5, 0.6) is 5.75 Å². The largest absolute Gasteiger partial charge is 0.497 e. The van der Waals surface area contributed by atoms with E-state index in [0.29, 0.717) is 29.7 Å². The molecule has 152 valence electrons. The van der Waals surface area contributed by atoms with Crippen LogP contribution in [0.15, 0.2) is 77.1 Å². The quantitative estimate of drug-likeness (QED) is 0.814. The van der Waals surface area contributed by atoms with Crippen molar-refractivity contribution >= 4 is 11.5 Å². The minimum absolute atomic E-state index is 0.000567. The second-order valence-electron chi connectivity index (χ2n) is 8.58. The number of benzene rings is 2. The Morgan fingerprint density at radius 1 is 1.10 bits per heavy atom. The van der Waals surface area contributed by atoms with E-state index < -0.39 is 6.04 Å². The first-order valence-corrected chi connectivity index (χ1v) is 10.0. The standard InChI is InChI=1S/C25H25N3O2/c1-25(2)13-20-22(21(29)14-25)23(27)19(15-26)24(16-9-11-18(30-3)12-10-16)28(20)17-7-5-4-6-8-17/h4-12,24H,13-14,27H2,1-3H3. The molecule has 0 amide bonds. The summed E-state index contributed by atoms with van der Waals surface area (Å²) in [5.41, 5.74) is 10.2. The molecule has 2 N–H and O–H groups in total. The van der Waals surface area contributed by atoms with E-state index in [1.807, 2.05) is 54.6 Å². The number of hydrogen-bond donors (Lipinski definition) is 1. The molecule has 1 unspecified atom stereocenters. The van der Waals surface area contributed by atoms with Crippen molar-refractivity contribution in [2.75, 3.05) is 12.0 Å². The van der Waals surface area contributed by atoms with Crippen molar-refractivity contribution in [1.29, 1.82) is 5.26 Å². The Morgan fingerprint density at radius 3 is 2.37 bits per heavy atom. The lowest BCUT2D eigenvalue weighted by Crippen LogP contribution is -2.42. The van der Waals surface area contributed by atoms with Crippen molar-refractivity contribution in [2.45, 2.75) is 32.7 Å². The molecule has 30 heavy (non-hydrogen) atoms. The minimum Gasteiger partial charge on any atom is -0.497 e. The smallest absolute Gasteiger partial charge is 0.167 e. The molecule has 0 fully saturated rings. The summed E-state index contributed by atoms with van der Waals surface area (Å²) in [5.74, 6) is 0.741. The molecule has 0 spiro atoms. The third-order valence-electron chi connectivity index (χ3n) is 5.82. The number of para-hydroxylation sites is 1. The number of ether oxygens (including phenoxy) is 1. The molecule has 5 nitrogen and oxygen atoms in total. The fourth-order valence-corrected chi connectivity index (χ4v) is 4.48. The first-order valence-electron chi connectivity index (χ1n) is 10.0. The van der Waals surface area contributed by atoms with Crippen molar-refractivity contribution < 1.29 is 9.53 Å². The monoisotopic (exact) mass is 399 g/mol. The number of nitriles is 1. The van der Waals surface area contributed by atoms with E-state index in [1.165, 1.54) is 0 Å². The number of methoxy groups -OCH3 is 1. The van der Waals surface area contributed by atoms with Gasteiger partial charge in [0.1, 0.15) is 5.75 Å². The number of allylic oxidation sites excluding steroid dienone is 2. The number of carbonyl (C=O) groups is 1. The predicted molar refractivity (Wildman–Crippen MR) is 117 cm³/mol. The van der Waals surface area contributed by atoms with E-state index >= 15 is 0 Å². The van der Waals surface area contributed by atoms with Crippen LogP contribution in [-0.2, 0) is 4.79 Å². The van der Waals surface area contributed by atoms with Gasteiger partial charge in [0.05, 0.1) is 36.1 Å². The van der Waals surface area contributed by atoms with Crippen LogP contribution in [0.4, 0.5) is 5.69 Å². The Kier molecular flexibility index (Phi) is 4.87. The Labute approximate surface area is 177 Å². The van der Waals surface area contributed by atoms with Crippen molar-refractivity contribution in [3.05, 3.63) is 82.7 Å². The maximum absolute atomic E-state index is 13.1. The van der Waals surface area contributed by atoms with Gasteiger partial charge >= 0.3 is 0 Å². The normalized spacial score (nSPS) is 20.7. The predicted octanol–water partition coefficient (Wildman–Crippen LogP) is 4.64. The topological polar surface area (TPSA) is 79.3 Å². The number of rotatable bonds is 3. The Morgan fingerprint density at radius 2 is 1.77 bits per heavy atom. The molecule has 1 aliphatic heterocycles. The Hall–Kier alpha value is -3.52. The summed E-state index contributed by atoms with van der Waals surface area (Å²) in [6.45, 7) is 4.19. The zero-order valence-corrected chi connectivity index (χ0v) is 17.5. The lowest BCUT2D eigenvalue weighted by Gasteiger charge is -2.45. The number of ketones is 1. The van der Waals surface area contributed by atoms with Crippen molar-refractivity contribution in [1.82, 2.24) is 0 Å². The molecule has 0 saturated carbocycles. The molecule has 5 heteroatoms. The number of nitrogens with two attached hydrogens (primary N) is 1. The minimum atomic E-state index is -0.413. The average Bonchev–Trinajstić information content (AvgIpc) is 2.73. The van der Waals surface area contributed by atoms with Crippen molar-refractivity contribution in [3.8, 4) is 11.8 Å². The van der Waals surface area contributed by atoms with Gasteiger partial charge in [-0.05, 0) is 41.7 Å².